The number of aliphatic hydroxyl groups excluding tert-OH is 1. The van der Waals surface area contributed by atoms with Crippen molar-refractivity contribution in [2.24, 2.45) is 0 Å². The van der Waals surface area contributed by atoms with Gasteiger partial charge in [-0.1, -0.05) is 20.8 Å². The standard InChI is InChI=1S/C14H23FO2Si/c1-10(16)12-9-11(15)7-8-13(12)17-18(5,6)14(2,3)4/h7-10,16H,1-6H3/t10-/m0/s1. The number of rotatable bonds is 3. The van der Waals surface area contributed by atoms with Gasteiger partial charge in [0.2, 0.25) is 8.32 Å². The molecule has 0 fully saturated rings. The zero-order chi connectivity index (χ0) is 14.1. The molecule has 102 valence electrons. The van der Waals surface area contributed by atoms with Crippen molar-refractivity contribution >= 4 is 8.32 Å². The van der Waals surface area contributed by atoms with Gasteiger partial charge in [-0.15, -0.1) is 0 Å². The van der Waals surface area contributed by atoms with E-state index < -0.39 is 14.4 Å². The van der Waals surface area contributed by atoms with Gasteiger partial charge in [0, 0.05) is 5.56 Å². The van der Waals surface area contributed by atoms with Gasteiger partial charge in [0.05, 0.1) is 6.10 Å². The molecule has 0 saturated heterocycles. The molecule has 0 bridgehead atoms. The summed E-state index contributed by atoms with van der Waals surface area (Å²) in [5.41, 5.74) is 0.514. The third-order valence-corrected chi connectivity index (χ3v) is 7.94. The lowest BCUT2D eigenvalue weighted by molar-refractivity contribution is 0.195. The fourth-order valence-corrected chi connectivity index (χ4v) is 2.41. The van der Waals surface area contributed by atoms with E-state index in [1.54, 1.807) is 13.0 Å². The van der Waals surface area contributed by atoms with Crippen molar-refractivity contribution in [3.63, 3.8) is 0 Å². The second-order valence-corrected chi connectivity index (χ2v) is 10.9. The van der Waals surface area contributed by atoms with E-state index >= 15 is 0 Å². The molecule has 0 radical (unpaired) electrons. The van der Waals surface area contributed by atoms with Gasteiger partial charge in [-0.25, -0.2) is 4.39 Å². The average Bonchev–Trinajstić information content (AvgIpc) is 2.18. The first-order valence-corrected chi connectivity index (χ1v) is 9.12. The zero-order valence-corrected chi connectivity index (χ0v) is 13.0. The van der Waals surface area contributed by atoms with Crippen LogP contribution in [0.15, 0.2) is 18.2 Å². The van der Waals surface area contributed by atoms with Gasteiger partial charge in [-0.05, 0) is 43.3 Å². The predicted octanol–water partition coefficient (Wildman–Crippen LogP) is 4.26. The number of hydrogen-bond donors (Lipinski definition) is 1. The Morgan fingerprint density at radius 1 is 1.28 bits per heavy atom. The molecule has 0 aliphatic heterocycles. The molecule has 18 heavy (non-hydrogen) atoms. The molecular formula is C14H23FO2Si. The van der Waals surface area contributed by atoms with E-state index in [1.165, 1.54) is 12.1 Å². The summed E-state index contributed by atoms with van der Waals surface area (Å²) in [6.07, 6.45) is -0.736. The first-order chi connectivity index (χ1) is 8.04. The first-order valence-electron chi connectivity index (χ1n) is 6.21. The smallest absolute Gasteiger partial charge is 0.250 e. The Kier molecular flexibility index (Phi) is 4.23. The molecule has 0 aliphatic rings. The Labute approximate surface area is 110 Å². The monoisotopic (exact) mass is 270 g/mol. The Balaban J connectivity index is 3.12. The summed E-state index contributed by atoms with van der Waals surface area (Å²) in [5, 5.41) is 9.76. The lowest BCUT2D eigenvalue weighted by atomic mass is 10.1. The highest BCUT2D eigenvalue weighted by Crippen LogP contribution is 2.39. The lowest BCUT2D eigenvalue weighted by Crippen LogP contribution is -2.44. The summed E-state index contributed by atoms with van der Waals surface area (Å²) >= 11 is 0. The van der Waals surface area contributed by atoms with Gasteiger partial charge >= 0.3 is 0 Å². The Bertz CT molecular complexity index is 422. The van der Waals surface area contributed by atoms with Crippen molar-refractivity contribution in [3.05, 3.63) is 29.6 Å². The van der Waals surface area contributed by atoms with Gasteiger partial charge in [0.1, 0.15) is 11.6 Å². The minimum absolute atomic E-state index is 0.0668. The lowest BCUT2D eigenvalue weighted by Gasteiger charge is -2.37. The number of halogens is 1. The molecule has 0 saturated carbocycles. The van der Waals surface area contributed by atoms with Crippen LogP contribution in [-0.2, 0) is 0 Å². The van der Waals surface area contributed by atoms with Crippen LogP contribution >= 0.6 is 0 Å². The van der Waals surface area contributed by atoms with Crippen LogP contribution in [0.25, 0.3) is 0 Å². The molecule has 1 atom stereocenters. The highest BCUT2D eigenvalue weighted by molar-refractivity contribution is 6.74. The van der Waals surface area contributed by atoms with Crippen LogP contribution in [0.4, 0.5) is 4.39 Å². The summed E-state index contributed by atoms with van der Waals surface area (Å²) in [5.74, 6) is 0.242. The van der Waals surface area contributed by atoms with Crippen molar-refractivity contribution in [2.75, 3.05) is 0 Å². The third kappa shape index (κ3) is 3.33. The van der Waals surface area contributed by atoms with Crippen LogP contribution in [0.2, 0.25) is 18.1 Å². The van der Waals surface area contributed by atoms with Gasteiger partial charge < -0.3 is 9.53 Å². The molecule has 4 heteroatoms. The second kappa shape index (κ2) is 5.01. The molecule has 1 N–H and O–H groups in total. The van der Waals surface area contributed by atoms with E-state index in [4.69, 9.17) is 4.43 Å². The van der Waals surface area contributed by atoms with E-state index in [0.29, 0.717) is 11.3 Å². The Morgan fingerprint density at radius 2 is 1.83 bits per heavy atom. The SMILES string of the molecule is C[C@H](O)c1cc(F)ccc1O[Si](C)(C)C(C)(C)C. The molecule has 0 aliphatic carbocycles. The fourth-order valence-electron chi connectivity index (χ4n) is 1.37. The quantitative estimate of drug-likeness (QED) is 0.831. The maximum Gasteiger partial charge on any atom is 0.250 e. The van der Waals surface area contributed by atoms with Crippen LogP contribution in [-0.4, -0.2) is 13.4 Å². The summed E-state index contributed by atoms with van der Waals surface area (Å²) in [7, 11) is -1.97. The minimum atomic E-state index is -1.97. The predicted molar refractivity (Wildman–Crippen MR) is 74.9 cm³/mol. The molecule has 0 heterocycles. The highest BCUT2D eigenvalue weighted by Gasteiger charge is 2.39. The van der Waals surface area contributed by atoms with Crippen LogP contribution in [0.5, 0.6) is 5.75 Å². The molecule has 1 aromatic carbocycles. The van der Waals surface area contributed by atoms with E-state index in [0.717, 1.165) is 0 Å². The largest absolute Gasteiger partial charge is 0.543 e. The molecule has 0 aromatic heterocycles. The molecular weight excluding hydrogens is 247 g/mol. The van der Waals surface area contributed by atoms with Crippen LogP contribution < -0.4 is 4.43 Å². The van der Waals surface area contributed by atoms with E-state index in [2.05, 4.69) is 33.9 Å². The number of aliphatic hydroxyl groups is 1. The molecule has 1 rings (SSSR count). The number of hydrogen-bond acceptors (Lipinski definition) is 2. The maximum atomic E-state index is 13.2. The first kappa shape index (κ1) is 15.2. The summed E-state index contributed by atoms with van der Waals surface area (Å²) in [6.45, 7) is 12.3. The van der Waals surface area contributed by atoms with Crippen molar-refractivity contribution in [1.29, 1.82) is 0 Å². The van der Waals surface area contributed by atoms with Gasteiger partial charge in [-0.3, -0.25) is 0 Å². The van der Waals surface area contributed by atoms with Gasteiger partial charge in [0.25, 0.3) is 0 Å². The third-order valence-electron chi connectivity index (χ3n) is 3.59. The molecule has 0 amide bonds. The van der Waals surface area contributed by atoms with Crippen molar-refractivity contribution < 1.29 is 13.9 Å². The van der Waals surface area contributed by atoms with Crippen LogP contribution in [0, 0.1) is 5.82 Å². The zero-order valence-electron chi connectivity index (χ0n) is 12.0. The van der Waals surface area contributed by atoms with Crippen molar-refractivity contribution in [2.45, 2.75) is 51.9 Å². The Morgan fingerprint density at radius 3 is 2.28 bits per heavy atom. The highest BCUT2D eigenvalue weighted by atomic mass is 28.4. The average molecular weight is 270 g/mol. The van der Waals surface area contributed by atoms with Gasteiger partial charge in [0.15, 0.2) is 0 Å². The summed E-state index contributed by atoms with van der Waals surface area (Å²) in [6, 6.07) is 4.32. The minimum Gasteiger partial charge on any atom is -0.543 e. The van der Waals surface area contributed by atoms with Crippen molar-refractivity contribution in [1.82, 2.24) is 0 Å². The topological polar surface area (TPSA) is 29.5 Å². The molecule has 0 spiro atoms. The molecule has 0 unspecified atom stereocenters. The maximum absolute atomic E-state index is 13.2. The molecule has 1 aromatic rings. The van der Waals surface area contributed by atoms with Crippen LogP contribution in [0.1, 0.15) is 39.4 Å². The Hall–Kier alpha value is -0.873. The van der Waals surface area contributed by atoms with Crippen LogP contribution in [0.3, 0.4) is 0 Å². The van der Waals surface area contributed by atoms with E-state index in [9.17, 15) is 9.50 Å². The van der Waals surface area contributed by atoms with Crippen molar-refractivity contribution in [3.8, 4) is 5.75 Å². The van der Waals surface area contributed by atoms with E-state index in [1.807, 2.05) is 0 Å². The number of benzene rings is 1. The fraction of sp³-hybridized carbons (Fsp3) is 0.571. The second-order valence-electron chi connectivity index (χ2n) is 6.22. The van der Waals surface area contributed by atoms with Gasteiger partial charge in [-0.2, -0.15) is 0 Å². The normalized spacial score (nSPS) is 14.4. The summed E-state index contributed by atoms with van der Waals surface area (Å²) < 4.78 is 19.3. The van der Waals surface area contributed by atoms with E-state index in [-0.39, 0.29) is 10.9 Å². The summed E-state index contributed by atoms with van der Waals surface area (Å²) in [4.78, 5) is 0. The molecule has 2 nitrogen and oxygen atoms in total.